The Morgan fingerprint density at radius 1 is 0.425 bits per heavy atom. The molecule has 80 heavy (non-hydrogen) atoms. The van der Waals surface area contributed by atoms with Gasteiger partial charge in [0.2, 0.25) is 53.2 Å². The van der Waals surface area contributed by atoms with Crippen LogP contribution in [-0.2, 0) is 47.9 Å². The first-order valence-electron chi connectivity index (χ1n) is 26.9. The molecule has 0 aromatic rings. The lowest BCUT2D eigenvalue weighted by molar-refractivity contribution is -0.143. The zero-order valence-electron chi connectivity index (χ0n) is 47.5. The van der Waals surface area contributed by atoms with Crippen molar-refractivity contribution >= 4 is 77.0 Å². The second kappa shape index (κ2) is 38.1. The minimum Gasteiger partial charge on any atom is -0.480 e. The maximum absolute atomic E-state index is 14.3. The molecule has 0 aromatic heterocycles. The van der Waals surface area contributed by atoms with Gasteiger partial charge in [0.1, 0.15) is 48.3 Å². The number of carbonyl (C=O) groups excluding carboxylic acids is 9. The van der Waals surface area contributed by atoms with Gasteiger partial charge < -0.3 is 98.6 Å². The van der Waals surface area contributed by atoms with Crippen LogP contribution < -0.4 is 88.4 Å². The van der Waals surface area contributed by atoms with Crippen LogP contribution in [0.2, 0.25) is 0 Å². The van der Waals surface area contributed by atoms with Crippen molar-refractivity contribution in [1.82, 2.24) is 42.5 Å². The number of hydrogen-bond donors (Lipinski definition) is 18. The molecule has 0 spiro atoms. The van der Waals surface area contributed by atoms with Crippen LogP contribution >= 0.6 is 0 Å². The summed E-state index contributed by atoms with van der Waals surface area (Å²) in [5, 5.41) is 40.3. The Balaban J connectivity index is 6.75. The van der Waals surface area contributed by atoms with Gasteiger partial charge in [-0.2, -0.15) is 0 Å². The number of aliphatic hydroxyl groups excluding tert-OH is 1. The van der Waals surface area contributed by atoms with E-state index in [9.17, 15) is 58.2 Å². The molecule has 0 aliphatic carbocycles. The number of nitrogens with zero attached hydrogens (tertiary/aromatic N) is 3. The van der Waals surface area contributed by atoms with Gasteiger partial charge in [-0.05, 0) is 75.0 Å². The van der Waals surface area contributed by atoms with Gasteiger partial charge >= 0.3 is 5.97 Å². The third-order valence-corrected chi connectivity index (χ3v) is 12.6. The van der Waals surface area contributed by atoms with Crippen molar-refractivity contribution in [1.29, 1.82) is 0 Å². The minimum absolute atomic E-state index is 0.0295. The van der Waals surface area contributed by atoms with E-state index in [1.807, 2.05) is 0 Å². The van der Waals surface area contributed by atoms with Crippen LogP contribution in [0.4, 0.5) is 0 Å². The SMILES string of the molecule is CC[C@H](C)[C@H](NC(=O)[C@H](CC(C)C)NC(=O)[C@@H](NC(=O)[C@H](CCCN=C(N)N)NC(=O)[C@H](CC(N)=O)NC(=O)[C@H](CO)NC(=O)[C@H](CC(C)C)NC(=O)[C@@H](N)CCCN=C(N)N)[C@@H](C)CC)C(=O)N[C@@H](CCCN=C(N)N)C(=O)O. The predicted octanol–water partition coefficient (Wildman–Crippen LogP) is -5.51. The van der Waals surface area contributed by atoms with Gasteiger partial charge in [0.15, 0.2) is 17.9 Å². The molecule has 0 unspecified atom stereocenters. The molecule has 9 amide bonds. The van der Waals surface area contributed by atoms with Crippen molar-refractivity contribution in [2.75, 3.05) is 26.2 Å². The smallest absolute Gasteiger partial charge is 0.326 e. The van der Waals surface area contributed by atoms with E-state index in [-0.39, 0.29) is 94.3 Å². The highest BCUT2D eigenvalue weighted by molar-refractivity contribution is 5.99. The van der Waals surface area contributed by atoms with E-state index < -0.39 is 138 Å². The van der Waals surface area contributed by atoms with Gasteiger partial charge in [-0.1, -0.05) is 68.2 Å². The summed E-state index contributed by atoms with van der Waals surface area (Å²) in [5.74, 6) is -11.7. The van der Waals surface area contributed by atoms with Crippen LogP contribution in [0, 0.1) is 23.7 Å². The van der Waals surface area contributed by atoms with Crippen LogP contribution in [0.5, 0.6) is 0 Å². The molecule has 31 nitrogen and oxygen atoms in total. The number of hydrogen-bond acceptors (Lipinski definition) is 15. The summed E-state index contributed by atoms with van der Waals surface area (Å²) < 4.78 is 0. The highest BCUT2D eigenvalue weighted by atomic mass is 16.4. The quantitative estimate of drug-likeness (QED) is 0.0155. The van der Waals surface area contributed by atoms with Crippen molar-refractivity contribution < 1.29 is 58.2 Å². The van der Waals surface area contributed by atoms with Gasteiger partial charge in [-0.15, -0.1) is 0 Å². The summed E-state index contributed by atoms with van der Waals surface area (Å²) in [5.41, 5.74) is 43.9. The number of nitrogens with one attached hydrogen (secondary N) is 8. The number of nitrogens with two attached hydrogens (primary N) is 8. The van der Waals surface area contributed by atoms with E-state index in [0.717, 1.165) is 0 Å². The fraction of sp³-hybridized carbons (Fsp3) is 0.735. The lowest BCUT2D eigenvalue weighted by Gasteiger charge is -2.31. The Hall–Kier alpha value is -7.57. The standard InChI is InChI=1S/C49H93N19O12/c1-9-26(7)36(44(77)62-30(46(79)80)16-13-19-60-49(56)57)68-42(75)32(21-25(5)6)65-45(78)37(27(8)10-2)67-39(72)29(15-12-18-59-48(54)55)61-41(74)33(22-35(51)70)64-43(76)34(23-69)66-40(73)31(20-24(3)4)63-38(71)28(50)14-11-17-58-47(52)53/h24-34,36-37,69H,9-23,50H2,1-8H3,(H2,51,70)(H,61,74)(H,62,77)(H,63,71)(H,64,76)(H,65,78)(H,66,73)(H,67,72)(H,68,75)(H,79,80)(H4,52,53,58)(H4,54,55,59)(H4,56,57,60)/t26-,27-,28-,29-,30-,31-,32-,33-,34-,36-,37-/m0/s1. The highest BCUT2D eigenvalue weighted by Gasteiger charge is 2.37. The molecule has 0 saturated carbocycles. The van der Waals surface area contributed by atoms with E-state index in [1.54, 1.807) is 55.4 Å². The molecule has 0 aliphatic rings. The number of primary amides is 1. The Kier molecular flexibility index (Phi) is 34.5. The second-order valence-corrected chi connectivity index (χ2v) is 20.5. The number of amides is 9. The largest absolute Gasteiger partial charge is 0.480 e. The summed E-state index contributed by atoms with van der Waals surface area (Å²) in [6.45, 7) is 13.2. The first-order chi connectivity index (χ1) is 37.4. The Bertz CT molecular complexity index is 2130. The first-order valence-corrected chi connectivity index (χ1v) is 26.9. The van der Waals surface area contributed by atoms with E-state index >= 15 is 0 Å². The lowest BCUT2D eigenvalue weighted by atomic mass is 9.95. The maximum Gasteiger partial charge on any atom is 0.326 e. The van der Waals surface area contributed by atoms with E-state index in [2.05, 4.69) is 57.5 Å². The molecule has 0 saturated heterocycles. The molecule has 456 valence electrons. The third-order valence-electron chi connectivity index (χ3n) is 12.6. The second-order valence-electron chi connectivity index (χ2n) is 20.5. The molecule has 31 heteroatoms. The molecule has 0 aliphatic heterocycles. The summed E-state index contributed by atoms with van der Waals surface area (Å²) in [6, 6.07) is -12.6. The monoisotopic (exact) mass is 1140 g/mol. The fourth-order valence-corrected chi connectivity index (χ4v) is 7.72. The van der Waals surface area contributed by atoms with Crippen LogP contribution in [0.3, 0.4) is 0 Å². The number of aliphatic carboxylic acids is 1. The molecule has 0 heterocycles. The zero-order valence-corrected chi connectivity index (χ0v) is 47.5. The number of aliphatic imine (C=N–C) groups is 3. The topological polar surface area (TPSA) is 553 Å². The first kappa shape index (κ1) is 72.4. The summed E-state index contributed by atoms with van der Waals surface area (Å²) in [6.07, 6.45) is 0.554. The van der Waals surface area contributed by atoms with Crippen LogP contribution in [0.1, 0.15) is 126 Å². The van der Waals surface area contributed by atoms with Crippen LogP contribution in [0.25, 0.3) is 0 Å². The summed E-state index contributed by atoms with van der Waals surface area (Å²) in [4.78, 5) is 147. The summed E-state index contributed by atoms with van der Waals surface area (Å²) >= 11 is 0. The van der Waals surface area contributed by atoms with Crippen molar-refractivity contribution in [2.45, 2.75) is 180 Å². The van der Waals surface area contributed by atoms with Crippen molar-refractivity contribution in [2.24, 2.45) is 84.5 Å². The Morgan fingerprint density at radius 3 is 1.14 bits per heavy atom. The van der Waals surface area contributed by atoms with Crippen molar-refractivity contribution in [3.8, 4) is 0 Å². The summed E-state index contributed by atoms with van der Waals surface area (Å²) in [7, 11) is 0. The molecular formula is C49H93N19O12. The van der Waals surface area contributed by atoms with E-state index in [0.29, 0.717) is 19.3 Å². The normalized spacial score (nSPS) is 15.2. The van der Waals surface area contributed by atoms with E-state index in [1.165, 1.54) is 0 Å². The van der Waals surface area contributed by atoms with Gasteiger partial charge in [-0.25, -0.2) is 4.79 Å². The number of rotatable bonds is 40. The highest BCUT2D eigenvalue weighted by Crippen LogP contribution is 2.15. The number of carboxylic acids is 1. The van der Waals surface area contributed by atoms with Gasteiger partial charge in [0.25, 0.3) is 0 Å². The van der Waals surface area contributed by atoms with Gasteiger partial charge in [0.05, 0.1) is 19.1 Å². The maximum atomic E-state index is 14.3. The molecule has 11 atom stereocenters. The molecular weight excluding hydrogens is 1050 g/mol. The molecule has 26 N–H and O–H groups in total. The predicted molar refractivity (Wildman–Crippen MR) is 300 cm³/mol. The Labute approximate surface area is 467 Å². The number of carbonyl (C=O) groups is 10. The number of aliphatic hydroxyl groups is 1. The molecule has 0 radical (unpaired) electrons. The molecule has 0 rings (SSSR count). The number of guanidine groups is 3. The number of carboxylic acid groups (broad SMARTS) is 1. The van der Waals surface area contributed by atoms with Gasteiger partial charge in [-0.3, -0.25) is 58.1 Å². The zero-order chi connectivity index (χ0) is 61.4. The minimum atomic E-state index is -1.81. The molecule has 0 bridgehead atoms. The Morgan fingerprint density at radius 2 is 0.750 bits per heavy atom. The molecule has 0 fully saturated rings. The third kappa shape index (κ3) is 29.4. The van der Waals surface area contributed by atoms with E-state index in [4.69, 9.17) is 45.9 Å². The van der Waals surface area contributed by atoms with Gasteiger partial charge in [0, 0.05) is 19.6 Å². The van der Waals surface area contributed by atoms with Crippen molar-refractivity contribution in [3.63, 3.8) is 0 Å². The van der Waals surface area contributed by atoms with Crippen molar-refractivity contribution in [3.05, 3.63) is 0 Å². The molecule has 0 aromatic carbocycles. The fourth-order valence-electron chi connectivity index (χ4n) is 7.72. The average Bonchev–Trinajstić information content (AvgIpc) is 3.36. The van der Waals surface area contributed by atoms with Crippen LogP contribution in [0.15, 0.2) is 15.0 Å². The average molecular weight is 1140 g/mol. The lowest BCUT2D eigenvalue weighted by Crippen LogP contribution is -2.62. The van der Waals surface area contributed by atoms with Crippen LogP contribution in [-0.4, -0.2) is 168 Å².